The molecule has 1 aliphatic heterocycles. The number of ether oxygens (including phenoxy) is 6. The second kappa shape index (κ2) is 21.7. The Bertz CT molecular complexity index is 1170. The number of hydrogen-bond acceptors (Lipinski definition) is 7. The van der Waals surface area contributed by atoms with E-state index in [0.29, 0.717) is 56.6 Å². The third kappa shape index (κ3) is 12.0. The third-order valence-electron chi connectivity index (χ3n) is 8.37. The Morgan fingerprint density at radius 2 is 1.36 bits per heavy atom. The lowest BCUT2D eigenvalue weighted by Gasteiger charge is -2.46. The highest BCUT2D eigenvalue weighted by molar-refractivity contribution is 6.31. The van der Waals surface area contributed by atoms with Gasteiger partial charge in [-0.3, -0.25) is 0 Å². The summed E-state index contributed by atoms with van der Waals surface area (Å²) in [5.41, 5.74) is 2.42. The predicted molar refractivity (Wildman–Crippen MR) is 186 cm³/mol. The molecule has 0 aromatic heterocycles. The number of aromatic carboxylic acids is 1. The average molecular weight is 677 g/mol. The van der Waals surface area contributed by atoms with Crippen molar-refractivity contribution >= 4 is 17.6 Å². The standard InChI is InChI=1S/C38H57ClO8/c1-6-11-19-42-26-33-35(44-20-12-7-2)37(46-22-14-9-4)36(45-21-13-8-3)34(47-33)30-24-28(32(39)25-31(30)38(40)41)23-27-15-17-29(18-16-27)43-10-5/h15-18,24-25,33-37H,6-14,19-23,26H2,1-5H3,(H,40,41)/t33-,34+,35-,36+,37+/m1/s1. The van der Waals surface area contributed by atoms with Crippen LogP contribution in [-0.4, -0.2) is 75.1 Å². The molecule has 1 heterocycles. The van der Waals surface area contributed by atoms with Crippen molar-refractivity contribution in [3.63, 3.8) is 0 Å². The molecule has 1 fully saturated rings. The van der Waals surface area contributed by atoms with Gasteiger partial charge in [0.15, 0.2) is 0 Å². The number of carboxylic acid groups (broad SMARTS) is 1. The zero-order valence-corrected chi connectivity index (χ0v) is 29.9. The van der Waals surface area contributed by atoms with Gasteiger partial charge in [-0.25, -0.2) is 4.79 Å². The molecule has 1 N–H and O–H groups in total. The molecule has 8 nitrogen and oxygen atoms in total. The molecule has 0 amide bonds. The zero-order valence-electron chi connectivity index (χ0n) is 29.1. The summed E-state index contributed by atoms with van der Waals surface area (Å²) < 4.78 is 38.4. The summed E-state index contributed by atoms with van der Waals surface area (Å²) in [4.78, 5) is 12.8. The van der Waals surface area contributed by atoms with Gasteiger partial charge < -0.3 is 33.5 Å². The minimum atomic E-state index is -1.08. The summed E-state index contributed by atoms with van der Waals surface area (Å²) in [5, 5.41) is 10.8. The molecule has 5 atom stereocenters. The van der Waals surface area contributed by atoms with Gasteiger partial charge in [0.25, 0.3) is 0 Å². The molecule has 264 valence electrons. The fourth-order valence-corrected chi connectivity index (χ4v) is 5.92. The van der Waals surface area contributed by atoms with E-state index in [0.717, 1.165) is 68.2 Å². The minimum Gasteiger partial charge on any atom is -0.494 e. The van der Waals surface area contributed by atoms with Crippen LogP contribution in [0.5, 0.6) is 5.75 Å². The van der Waals surface area contributed by atoms with Crippen molar-refractivity contribution in [2.24, 2.45) is 0 Å². The van der Waals surface area contributed by atoms with Crippen LogP contribution < -0.4 is 4.74 Å². The number of hydrogen-bond donors (Lipinski definition) is 1. The highest BCUT2D eigenvalue weighted by Gasteiger charge is 2.49. The molecule has 3 rings (SSSR count). The van der Waals surface area contributed by atoms with Gasteiger partial charge in [0.05, 0.1) is 18.8 Å². The highest BCUT2D eigenvalue weighted by atomic mass is 35.5. The zero-order chi connectivity index (χ0) is 34.0. The first-order valence-electron chi connectivity index (χ1n) is 17.7. The van der Waals surface area contributed by atoms with Crippen LogP contribution >= 0.6 is 11.6 Å². The maximum Gasteiger partial charge on any atom is 0.336 e. The van der Waals surface area contributed by atoms with Crippen LogP contribution in [-0.2, 0) is 30.1 Å². The summed E-state index contributed by atoms with van der Waals surface area (Å²) in [7, 11) is 0. The molecule has 1 saturated heterocycles. The largest absolute Gasteiger partial charge is 0.494 e. The normalized spacial score (nSPS) is 21.2. The van der Waals surface area contributed by atoms with Crippen molar-refractivity contribution in [1.29, 1.82) is 0 Å². The first kappa shape index (κ1) is 39.2. The molecule has 0 radical (unpaired) electrons. The van der Waals surface area contributed by atoms with Crippen molar-refractivity contribution in [2.75, 3.05) is 39.6 Å². The first-order chi connectivity index (χ1) is 22.9. The number of halogens is 1. The Labute approximate surface area is 287 Å². The van der Waals surface area contributed by atoms with Gasteiger partial charge in [-0.05, 0) is 73.9 Å². The monoisotopic (exact) mass is 676 g/mol. The average Bonchev–Trinajstić information content (AvgIpc) is 3.06. The molecule has 9 heteroatoms. The third-order valence-corrected chi connectivity index (χ3v) is 8.72. The van der Waals surface area contributed by atoms with Crippen molar-refractivity contribution in [3.8, 4) is 5.75 Å². The topological polar surface area (TPSA) is 92.7 Å². The fourth-order valence-electron chi connectivity index (χ4n) is 5.69. The van der Waals surface area contributed by atoms with Crippen LogP contribution in [0, 0.1) is 0 Å². The van der Waals surface area contributed by atoms with Gasteiger partial charge in [-0.2, -0.15) is 0 Å². The second-order valence-corrected chi connectivity index (χ2v) is 12.6. The van der Waals surface area contributed by atoms with Crippen LogP contribution in [0.4, 0.5) is 0 Å². The van der Waals surface area contributed by atoms with Gasteiger partial charge in [-0.15, -0.1) is 0 Å². The van der Waals surface area contributed by atoms with E-state index in [-0.39, 0.29) is 5.56 Å². The second-order valence-electron chi connectivity index (χ2n) is 12.2. The molecule has 2 aromatic carbocycles. The number of carbonyl (C=O) groups is 1. The van der Waals surface area contributed by atoms with E-state index in [1.54, 1.807) is 6.07 Å². The highest BCUT2D eigenvalue weighted by Crippen LogP contribution is 2.41. The quantitative estimate of drug-likeness (QED) is 0.117. The lowest BCUT2D eigenvalue weighted by Crippen LogP contribution is -2.58. The Hall–Kier alpha value is -2.20. The van der Waals surface area contributed by atoms with Crippen molar-refractivity contribution in [3.05, 3.63) is 63.7 Å². The molecule has 0 spiro atoms. The fraction of sp³-hybridized carbons (Fsp3) is 0.658. The molecule has 0 bridgehead atoms. The first-order valence-corrected chi connectivity index (χ1v) is 18.1. The van der Waals surface area contributed by atoms with E-state index in [2.05, 4.69) is 27.7 Å². The van der Waals surface area contributed by atoms with Gasteiger partial charge in [0, 0.05) is 31.5 Å². The van der Waals surface area contributed by atoms with Crippen LogP contribution in [0.15, 0.2) is 36.4 Å². The van der Waals surface area contributed by atoms with Gasteiger partial charge in [-0.1, -0.05) is 83.2 Å². The smallest absolute Gasteiger partial charge is 0.336 e. The van der Waals surface area contributed by atoms with E-state index in [1.807, 2.05) is 37.3 Å². The summed E-state index contributed by atoms with van der Waals surface area (Å²) in [6, 6.07) is 11.3. The maximum atomic E-state index is 12.8. The van der Waals surface area contributed by atoms with Crippen molar-refractivity contribution in [1.82, 2.24) is 0 Å². The molecule has 47 heavy (non-hydrogen) atoms. The Kier molecular flexibility index (Phi) is 18.1. The Morgan fingerprint density at radius 3 is 1.94 bits per heavy atom. The van der Waals surface area contributed by atoms with E-state index in [1.165, 1.54) is 0 Å². The molecule has 0 saturated carbocycles. The van der Waals surface area contributed by atoms with Crippen LogP contribution in [0.1, 0.15) is 119 Å². The van der Waals surface area contributed by atoms with Gasteiger partial charge >= 0.3 is 5.97 Å². The van der Waals surface area contributed by atoms with Crippen LogP contribution in [0.3, 0.4) is 0 Å². The van der Waals surface area contributed by atoms with Crippen molar-refractivity contribution in [2.45, 2.75) is 123 Å². The lowest BCUT2D eigenvalue weighted by atomic mass is 9.87. The molecule has 0 aliphatic carbocycles. The summed E-state index contributed by atoms with van der Waals surface area (Å²) >= 11 is 6.76. The van der Waals surface area contributed by atoms with Crippen molar-refractivity contribution < 1.29 is 38.3 Å². The van der Waals surface area contributed by atoms with Gasteiger partial charge in [0.2, 0.25) is 0 Å². The van der Waals surface area contributed by atoms with E-state index in [4.69, 9.17) is 40.0 Å². The SMILES string of the molecule is CCCCOC[C@H]1O[C@@H](c2cc(Cc3ccc(OCC)cc3)c(Cl)cc2C(=O)O)[C@H](OCCCC)[C@@H](OCCCC)[C@@H]1OCCCC. The van der Waals surface area contributed by atoms with E-state index >= 15 is 0 Å². The summed E-state index contributed by atoms with van der Waals surface area (Å²) in [6.07, 6.45) is 5.28. The number of rotatable bonds is 23. The molecule has 0 unspecified atom stereocenters. The summed E-state index contributed by atoms with van der Waals surface area (Å²) in [5.74, 6) is -0.282. The molecular weight excluding hydrogens is 620 g/mol. The number of carboxylic acids is 1. The minimum absolute atomic E-state index is 0.0860. The number of unbranched alkanes of at least 4 members (excludes halogenated alkanes) is 4. The maximum absolute atomic E-state index is 12.8. The van der Waals surface area contributed by atoms with E-state index in [9.17, 15) is 9.90 Å². The van der Waals surface area contributed by atoms with Gasteiger partial charge in [0.1, 0.15) is 36.3 Å². The lowest BCUT2D eigenvalue weighted by molar-refractivity contribution is -0.268. The molecule has 2 aromatic rings. The number of benzene rings is 2. The molecule has 1 aliphatic rings. The van der Waals surface area contributed by atoms with Crippen LogP contribution in [0.25, 0.3) is 0 Å². The predicted octanol–water partition coefficient (Wildman–Crippen LogP) is 8.84. The van der Waals surface area contributed by atoms with E-state index < -0.39 is 36.5 Å². The van der Waals surface area contributed by atoms with Crippen LogP contribution in [0.2, 0.25) is 5.02 Å². The Morgan fingerprint density at radius 1 is 0.787 bits per heavy atom. The Balaban J connectivity index is 2.10. The summed E-state index contributed by atoms with van der Waals surface area (Å²) in [6.45, 7) is 13.5. The molecular formula is C38H57ClO8.